The predicted molar refractivity (Wildman–Crippen MR) is 159 cm³/mol. The van der Waals surface area contributed by atoms with Gasteiger partial charge in [-0.1, -0.05) is 30.3 Å². The van der Waals surface area contributed by atoms with Crippen molar-refractivity contribution in [1.29, 1.82) is 0 Å². The van der Waals surface area contributed by atoms with Gasteiger partial charge in [-0.15, -0.1) is 0 Å². The van der Waals surface area contributed by atoms with Crippen LogP contribution in [0.3, 0.4) is 0 Å². The van der Waals surface area contributed by atoms with Gasteiger partial charge in [-0.2, -0.15) is 0 Å². The molecular weight excluding hydrogens is 518 g/mol. The summed E-state index contributed by atoms with van der Waals surface area (Å²) in [6, 6.07) is 21.2. The molecule has 1 fully saturated rings. The van der Waals surface area contributed by atoms with Gasteiger partial charge >= 0.3 is 0 Å². The van der Waals surface area contributed by atoms with Crippen LogP contribution in [0.4, 0.5) is 0 Å². The number of H-pyrrole nitrogens is 1. The number of nitrogens with one attached hydrogen (secondary N) is 1. The molecule has 1 heterocycles. The summed E-state index contributed by atoms with van der Waals surface area (Å²) in [4.78, 5) is 34.5. The first-order valence-corrected chi connectivity index (χ1v) is 14.1. The highest BCUT2D eigenvalue weighted by Gasteiger charge is 2.36. The summed E-state index contributed by atoms with van der Waals surface area (Å²) in [6.45, 7) is 3.51. The fraction of sp³-hybridized carbons (Fsp3) is 0.333. The molecule has 0 saturated heterocycles. The molecule has 0 spiro atoms. The molecule has 1 saturated carbocycles. The number of para-hydroxylation sites is 1. The van der Waals surface area contributed by atoms with Crippen LogP contribution in [0.25, 0.3) is 10.9 Å². The van der Waals surface area contributed by atoms with Gasteiger partial charge in [-0.25, -0.2) is 0 Å². The van der Waals surface area contributed by atoms with E-state index in [4.69, 9.17) is 14.2 Å². The normalized spacial score (nSPS) is 12.7. The van der Waals surface area contributed by atoms with Crippen molar-refractivity contribution in [3.8, 4) is 17.2 Å². The number of aromatic nitrogens is 1. The van der Waals surface area contributed by atoms with E-state index in [1.165, 1.54) is 7.11 Å². The van der Waals surface area contributed by atoms with Crippen molar-refractivity contribution in [3.63, 3.8) is 0 Å². The second-order valence-corrected chi connectivity index (χ2v) is 10.2. The average Bonchev–Trinajstić information content (AvgIpc) is 3.77. The third-order valence-electron chi connectivity index (χ3n) is 7.48. The van der Waals surface area contributed by atoms with E-state index in [9.17, 15) is 9.59 Å². The molecule has 1 aliphatic rings. The second kappa shape index (κ2) is 12.8. The van der Waals surface area contributed by atoms with Gasteiger partial charge in [0.05, 0.1) is 26.4 Å². The zero-order chi connectivity index (χ0) is 28.8. The molecule has 0 bridgehead atoms. The van der Waals surface area contributed by atoms with Gasteiger partial charge in [0, 0.05) is 42.3 Å². The molecule has 0 aliphatic heterocycles. The minimum atomic E-state index is -0.210. The minimum absolute atomic E-state index is 0.00357. The summed E-state index contributed by atoms with van der Waals surface area (Å²) in [5.41, 5.74) is 3.65. The van der Waals surface area contributed by atoms with Crippen LogP contribution >= 0.6 is 0 Å². The van der Waals surface area contributed by atoms with Crippen molar-refractivity contribution in [1.82, 2.24) is 14.8 Å². The summed E-state index contributed by atoms with van der Waals surface area (Å²) >= 11 is 0. The second-order valence-electron chi connectivity index (χ2n) is 10.2. The standard InChI is InChI=1S/C33H37N3O5/c1-4-41-26-13-9-23(10-14-26)21-35(18-17-24-20-34-30-8-6-5-7-28(24)30)32(37)22-36(25-11-12-25)33(38)29-16-15-27(39-2)19-31(29)40-3/h5-10,13-16,19-20,25,34H,4,11-12,17-18,21-22H2,1-3H3. The molecule has 3 aromatic carbocycles. The first kappa shape index (κ1) is 28.1. The smallest absolute Gasteiger partial charge is 0.258 e. The molecule has 214 valence electrons. The zero-order valence-corrected chi connectivity index (χ0v) is 23.9. The van der Waals surface area contributed by atoms with Crippen LogP contribution in [0.5, 0.6) is 17.2 Å². The van der Waals surface area contributed by atoms with E-state index in [1.807, 2.05) is 60.5 Å². The maximum absolute atomic E-state index is 13.9. The highest BCUT2D eigenvalue weighted by Crippen LogP contribution is 2.32. The topological polar surface area (TPSA) is 84.1 Å². The lowest BCUT2D eigenvalue weighted by Crippen LogP contribution is -2.44. The zero-order valence-electron chi connectivity index (χ0n) is 23.9. The number of carbonyl (C=O) groups is 2. The van der Waals surface area contributed by atoms with Crippen molar-refractivity contribution in [2.45, 2.75) is 38.8 Å². The number of methoxy groups -OCH3 is 2. The minimum Gasteiger partial charge on any atom is -0.497 e. The highest BCUT2D eigenvalue weighted by molar-refractivity contribution is 5.99. The number of hydrogen-bond acceptors (Lipinski definition) is 5. The number of ether oxygens (including phenoxy) is 3. The quantitative estimate of drug-likeness (QED) is 0.237. The Hall–Kier alpha value is -4.46. The first-order chi connectivity index (χ1) is 20.0. The van der Waals surface area contributed by atoms with Gasteiger partial charge in [0.25, 0.3) is 5.91 Å². The Bertz CT molecular complexity index is 1490. The van der Waals surface area contributed by atoms with Crippen LogP contribution in [0.15, 0.2) is 72.9 Å². The Labute approximate surface area is 240 Å². The first-order valence-electron chi connectivity index (χ1n) is 14.1. The predicted octanol–water partition coefficient (Wildman–Crippen LogP) is 5.46. The molecule has 0 atom stereocenters. The van der Waals surface area contributed by atoms with E-state index in [0.717, 1.165) is 40.6 Å². The van der Waals surface area contributed by atoms with Crippen molar-refractivity contribution < 1.29 is 23.8 Å². The van der Waals surface area contributed by atoms with Crippen LogP contribution in [-0.4, -0.2) is 66.6 Å². The monoisotopic (exact) mass is 555 g/mol. The fourth-order valence-electron chi connectivity index (χ4n) is 5.09. The maximum atomic E-state index is 13.9. The van der Waals surface area contributed by atoms with Crippen LogP contribution in [0.2, 0.25) is 0 Å². The van der Waals surface area contributed by atoms with Gasteiger partial charge < -0.3 is 29.0 Å². The van der Waals surface area contributed by atoms with Gasteiger partial charge in [0.1, 0.15) is 23.8 Å². The Morgan fingerprint density at radius 3 is 2.41 bits per heavy atom. The Morgan fingerprint density at radius 1 is 0.951 bits per heavy atom. The van der Waals surface area contributed by atoms with Crippen LogP contribution in [-0.2, 0) is 17.8 Å². The molecule has 1 aliphatic carbocycles. The number of carbonyl (C=O) groups excluding carboxylic acids is 2. The highest BCUT2D eigenvalue weighted by atomic mass is 16.5. The summed E-state index contributed by atoms with van der Waals surface area (Å²) in [6.07, 6.45) is 4.47. The van der Waals surface area contributed by atoms with Crippen LogP contribution in [0, 0.1) is 0 Å². The molecular formula is C33H37N3O5. The van der Waals surface area contributed by atoms with Crippen LogP contribution < -0.4 is 14.2 Å². The van der Waals surface area contributed by atoms with E-state index >= 15 is 0 Å². The molecule has 8 heteroatoms. The summed E-state index contributed by atoms with van der Waals surface area (Å²) in [7, 11) is 3.10. The fourth-order valence-corrected chi connectivity index (χ4v) is 5.09. The van der Waals surface area contributed by atoms with Gasteiger partial charge in [-0.3, -0.25) is 9.59 Å². The molecule has 1 aromatic heterocycles. The lowest BCUT2D eigenvalue weighted by atomic mass is 10.1. The molecule has 0 unspecified atom stereocenters. The van der Waals surface area contributed by atoms with Gasteiger partial charge in [-0.05, 0) is 67.6 Å². The van der Waals surface area contributed by atoms with Crippen molar-refractivity contribution in [2.24, 2.45) is 0 Å². The SMILES string of the molecule is CCOc1ccc(CN(CCc2c[nH]c3ccccc23)C(=O)CN(C(=O)c2ccc(OC)cc2OC)C2CC2)cc1. The molecule has 0 radical (unpaired) electrons. The Balaban J connectivity index is 1.37. The molecule has 4 aromatic rings. The number of rotatable bonds is 13. The summed E-state index contributed by atoms with van der Waals surface area (Å²) in [5, 5.41) is 1.15. The number of aromatic amines is 1. The number of hydrogen-bond donors (Lipinski definition) is 1. The molecule has 1 N–H and O–H groups in total. The maximum Gasteiger partial charge on any atom is 0.258 e. The lowest BCUT2D eigenvalue weighted by molar-refractivity contribution is -0.132. The lowest BCUT2D eigenvalue weighted by Gasteiger charge is -2.28. The summed E-state index contributed by atoms with van der Waals surface area (Å²) in [5.74, 6) is 1.53. The average molecular weight is 556 g/mol. The van der Waals surface area contributed by atoms with E-state index in [0.29, 0.717) is 43.2 Å². The van der Waals surface area contributed by atoms with Crippen molar-refractivity contribution >= 4 is 22.7 Å². The molecule has 8 nitrogen and oxygen atoms in total. The Kier molecular flexibility index (Phi) is 8.77. The molecule has 5 rings (SSSR count). The van der Waals surface area contributed by atoms with Crippen molar-refractivity contribution in [3.05, 3.63) is 89.6 Å². The number of amides is 2. The largest absolute Gasteiger partial charge is 0.497 e. The Morgan fingerprint density at radius 2 is 1.71 bits per heavy atom. The molecule has 41 heavy (non-hydrogen) atoms. The van der Waals surface area contributed by atoms with E-state index < -0.39 is 0 Å². The molecule has 2 amide bonds. The van der Waals surface area contributed by atoms with Crippen LogP contribution in [0.1, 0.15) is 41.3 Å². The van der Waals surface area contributed by atoms with E-state index in [1.54, 1.807) is 30.2 Å². The van der Waals surface area contributed by atoms with E-state index in [-0.39, 0.29) is 24.4 Å². The summed E-state index contributed by atoms with van der Waals surface area (Å²) < 4.78 is 16.4. The number of benzene rings is 3. The van der Waals surface area contributed by atoms with E-state index in [2.05, 4.69) is 11.1 Å². The number of fused-ring (bicyclic) bond motifs is 1. The number of nitrogens with zero attached hydrogens (tertiary/aromatic N) is 2. The third-order valence-corrected chi connectivity index (χ3v) is 7.48. The third kappa shape index (κ3) is 6.65. The van der Waals surface area contributed by atoms with Gasteiger partial charge in [0.2, 0.25) is 5.91 Å². The van der Waals surface area contributed by atoms with Crippen molar-refractivity contribution in [2.75, 3.05) is 33.9 Å². The van der Waals surface area contributed by atoms with Gasteiger partial charge in [0.15, 0.2) is 0 Å².